The number of aromatic nitrogens is 3. The number of nitrogen functional groups attached to an aromatic ring is 1. The van der Waals surface area contributed by atoms with Crippen LogP contribution in [0.3, 0.4) is 0 Å². The molecule has 1 aromatic heterocycles. The number of nitrogens with two attached hydrogens (primary N) is 1. The molecule has 0 fully saturated rings. The lowest BCUT2D eigenvalue weighted by atomic mass is 10.0. The minimum atomic E-state index is -5.08. The second kappa shape index (κ2) is 7.48. The molecule has 2 N–H and O–H groups in total. The van der Waals surface area contributed by atoms with Crippen molar-refractivity contribution in [1.29, 1.82) is 0 Å². The summed E-state index contributed by atoms with van der Waals surface area (Å²) in [6.07, 6.45) is -10.2. The first-order chi connectivity index (χ1) is 12.8. The predicted octanol–water partition coefficient (Wildman–Crippen LogP) is 2.91. The number of hydrogen-bond donors (Lipinski definition) is 1. The van der Waals surface area contributed by atoms with E-state index in [4.69, 9.17) is 10.5 Å². The van der Waals surface area contributed by atoms with Crippen molar-refractivity contribution in [3.8, 4) is 0 Å². The molecule has 13 heteroatoms. The Morgan fingerprint density at radius 1 is 1.00 bits per heavy atom. The maximum atomic E-state index is 12.8. The predicted molar refractivity (Wildman–Crippen MR) is 84.1 cm³/mol. The number of ether oxygens (including phenoxy) is 1. The van der Waals surface area contributed by atoms with E-state index in [1.54, 1.807) is 14.1 Å². The van der Waals surface area contributed by atoms with Crippen LogP contribution in [0.15, 0.2) is 18.2 Å². The van der Waals surface area contributed by atoms with Gasteiger partial charge >= 0.3 is 18.3 Å². The molecule has 7 nitrogen and oxygen atoms in total. The maximum absolute atomic E-state index is 12.8. The largest absolute Gasteiger partial charge is 0.454 e. The smallest absolute Gasteiger partial charge is 0.416 e. The third-order valence-corrected chi connectivity index (χ3v) is 3.24. The highest BCUT2D eigenvalue weighted by Crippen LogP contribution is 2.36. The average molecular weight is 409 g/mol. The Kier molecular flexibility index (Phi) is 5.66. The van der Waals surface area contributed by atoms with Crippen LogP contribution in [-0.4, -0.2) is 35.0 Å². The summed E-state index contributed by atoms with van der Waals surface area (Å²) < 4.78 is 81.8. The van der Waals surface area contributed by atoms with E-state index in [0.29, 0.717) is 0 Å². The number of rotatable bonds is 4. The van der Waals surface area contributed by atoms with E-state index in [9.17, 15) is 31.1 Å². The van der Waals surface area contributed by atoms with E-state index >= 15 is 0 Å². The Balaban J connectivity index is 2.29. The Morgan fingerprint density at radius 3 is 2.00 bits per heavy atom. The molecule has 2 rings (SSSR count). The second-order valence-electron chi connectivity index (χ2n) is 5.67. The van der Waals surface area contributed by atoms with Gasteiger partial charge in [0.05, 0.1) is 16.7 Å². The zero-order valence-corrected chi connectivity index (χ0v) is 14.4. The quantitative estimate of drug-likeness (QED) is 0.613. The van der Waals surface area contributed by atoms with Crippen LogP contribution in [0.1, 0.15) is 27.3 Å². The molecule has 0 atom stereocenters. The number of anilines is 2. The molecule has 0 saturated carbocycles. The normalized spacial score (nSPS) is 12.0. The molecule has 0 aliphatic carbocycles. The minimum absolute atomic E-state index is 0.0905. The zero-order chi connectivity index (χ0) is 21.3. The monoisotopic (exact) mass is 409 g/mol. The second-order valence-corrected chi connectivity index (χ2v) is 5.67. The van der Waals surface area contributed by atoms with E-state index in [1.807, 2.05) is 0 Å². The molecule has 152 valence electrons. The van der Waals surface area contributed by atoms with Crippen LogP contribution < -0.4 is 10.6 Å². The van der Waals surface area contributed by atoms with Gasteiger partial charge in [-0.25, -0.2) is 4.79 Å². The molecule has 0 amide bonds. The van der Waals surface area contributed by atoms with Gasteiger partial charge in [0.25, 0.3) is 0 Å². The first kappa shape index (κ1) is 21.2. The summed E-state index contributed by atoms with van der Waals surface area (Å²) in [5.41, 5.74) is 1.29. The van der Waals surface area contributed by atoms with Gasteiger partial charge in [0.15, 0.2) is 12.4 Å². The van der Waals surface area contributed by atoms with Gasteiger partial charge in [-0.1, -0.05) is 0 Å². The van der Waals surface area contributed by atoms with Crippen molar-refractivity contribution in [2.24, 2.45) is 0 Å². The summed E-state index contributed by atoms with van der Waals surface area (Å²) in [5, 5.41) is 0. The Labute approximate surface area is 154 Å². The lowest BCUT2D eigenvalue weighted by molar-refractivity contribution is -0.143. The van der Waals surface area contributed by atoms with E-state index in [0.717, 1.165) is 0 Å². The molecule has 0 radical (unpaired) electrons. The number of benzene rings is 1. The topological polar surface area (TPSA) is 94.2 Å². The first-order valence-corrected chi connectivity index (χ1v) is 7.41. The van der Waals surface area contributed by atoms with Gasteiger partial charge in [-0.2, -0.15) is 41.3 Å². The number of esters is 1. The van der Waals surface area contributed by atoms with E-state index in [2.05, 4.69) is 15.0 Å². The summed E-state index contributed by atoms with van der Waals surface area (Å²) in [6.45, 7) is -0.635. The van der Waals surface area contributed by atoms with E-state index in [-0.39, 0.29) is 35.9 Å². The van der Waals surface area contributed by atoms with Crippen LogP contribution in [0.5, 0.6) is 0 Å². The summed E-state index contributed by atoms with van der Waals surface area (Å²) in [7, 11) is 3.18. The van der Waals surface area contributed by atoms with Gasteiger partial charge < -0.3 is 15.4 Å². The van der Waals surface area contributed by atoms with Crippen molar-refractivity contribution in [1.82, 2.24) is 15.0 Å². The molecule has 0 aliphatic heterocycles. The van der Waals surface area contributed by atoms with Crippen LogP contribution in [0.25, 0.3) is 0 Å². The number of alkyl halides is 6. The van der Waals surface area contributed by atoms with Crippen molar-refractivity contribution in [3.05, 3.63) is 40.7 Å². The molecule has 0 aliphatic rings. The lowest BCUT2D eigenvalue weighted by Crippen LogP contribution is -2.17. The molecule has 0 bridgehead atoms. The van der Waals surface area contributed by atoms with Crippen LogP contribution >= 0.6 is 0 Å². The highest BCUT2D eigenvalue weighted by molar-refractivity contribution is 5.90. The fraction of sp³-hybridized carbons (Fsp3) is 0.333. The number of hydrogen-bond acceptors (Lipinski definition) is 7. The van der Waals surface area contributed by atoms with Crippen LogP contribution in [0, 0.1) is 0 Å². The fourth-order valence-electron chi connectivity index (χ4n) is 1.98. The summed E-state index contributed by atoms with van der Waals surface area (Å²) in [4.78, 5) is 24.8. The average Bonchev–Trinajstić information content (AvgIpc) is 2.57. The Bertz CT molecular complexity index is 850. The molecular formula is C15H13F6N5O2. The maximum Gasteiger partial charge on any atom is 0.416 e. The van der Waals surface area contributed by atoms with Crippen LogP contribution in [-0.2, 0) is 23.7 Å². The van der Waals surface area contributed by atoms with Gasteiger partial charge in [0.2, 0.25) is 11.9 Å². The van der Waals surface area contributed by atoms with Crippen LogP contribution in [0.4, 0.5) is 38.2 Å². The molecule has 2 aromatic rings. The fourth-order valence-corrected chi connectivity index (χ4v) is 1.98. The molecular weight excluding hydrogens is 396 g/mol. The summed E-state index contributed by atoms with van der Waals surface area (Å²) >= 11 is 0. The number of carbonyl (C=O) groups is 1. The number of halogens is 6. The highest BCUT2D eigenvalue weighted by Gasteiger charge is 2.37. The van der Waals surface area contributed by atoms with Crippen molar-refractivity contribution >= 4 is 17.9 Å². The molecule has 1 aromatic carbocycles. The SMILES string of the molecule is CN(C)c1nc(N)nc(COC(=O)c2cc(C(F)(F)F)cc(C(F)(F)F)c2)n1. The molecule has 1 heterocycles. The molecule has 0 unspecified atom stereocenters. The summed E-state index contributed by atoms with van der Waals surface area (Å²) in [6, 6.07) is 0.446. The van der Waals surface area contributed by atoms with Gasteiger partial charge in [-0.3, -0.25) is 0 Å². The van der Waals surface area contributed by atoms with E-state index in [1.165, 1.54) is 4.90 Å². The van der Waals surface area contributed by atoms with Crippen LogP contribution in [0.2, 0.25) is 0 Å². The Hall–Kier alpha value is -3.12. The zero-order valence-electron chi connectivity index (χ0n) is 14.4. The molecule has 0 spiro atoms. The Morgan fingerprint density at radius 2 is 1.54 bits per heavy atom. The van der Waals surface area contributed by atoms with Crippen molar-refractivity contribution in [3.63, 3.8) is 0 Å². The third kappa shape index (κ3) is 5.20. The first-order valence-electron chi connectivity index (χ1n) is 7.41. The van der Waals surface area contributed by atoms with Crippen molar-refractivity contribution in [2.75, 3.05) is 24.7 Å². The number of nitrogens with zero attached hydrogens (tertiary/aromatic N) is 4. The minimum Gasteiger partial charge on any atom is -0.454 e. The third-order valence-electron chi connectivity index (χ3n) is 3.24. The molecule has 28 heavy (non-hydrogen) atoms. The van der Waals surface area contributed by atoms with Gasteiger partial charge in [0.1, 0.15) is 0 Å². The lowest BCUT2D eigenvalue weighted by Gasteiger charge is -2.14. The standard InChI is InChI=1S/C15H13F6N5O2/c1-26(2)13-24-10(23-12(22)25-13)6-28-11(27)7-3-8(14(16,17)18)5-9(4-7)15(19,20)21/h3-5H,6H2,1-2H3,(H2,22,23,24,25). The van der Waals surface area contributed by atoms with Gasteiger partial charge in [-0.05, 0) is 18.2 Å². The van der Waals surface area contributed by atoms with E-state index < -0.39 is 41.6 Å². The van der Waals surface area contributed by atoms with Crippen molar-refractivity contribution in [2.45, 2.75) is 19.0 Å². The van der Waals surface area contributed by atoms with Gasteiger partial charge in [-0.15, -0.1) is 0 Å². The summed E-state index contributed by atoms with van der Waals surface area (Å²) in [5.74, 6) is -1.63. The number of carbonyl (C=O) groups excluding carboxylic acids is 1. The van der Waals surface area contributed by atoms with Crippen molar-refractivity contribution < 1.29 is 35.9 Å². The molecule has 0 saturated heterocycles. The highest BCUT2D eigenvalue weighted by atomic mass is 19.4. The van der Waals surface area contributed by atoms with Gasteiger partial charge in [0, 0.05) is 14.1 Å².